The minimum Gasteiger partial charge on any atom is -0.468 e. The Labute approximate surface area is 229 Å². The van der Waals surface area contributed by atoms with Gasteiger partial charge in [-0.05, 0) is 67.5 Å². The van der Waals surface area contributed by atoms with Gasteiger partial charge in [0.1, 0.15) is 12.3 Å². The van der Waals surface area contributed by atoms with E-state index < -0.39 is 18.2 Å². The maximum absolute atomic E-state index is 13.1. The zero-order chi connectivity index (χ0) is 28.5. The molecule has 0 radical (unpaired) electrons. The standard InChI is InChI=1S/C27H30ClF3N4O4/c1-15-9-16(2)11-18(10-15)35-23-13-21(28)20(25(37)34(3)14-24(36)38-4)12-22(23)33-26(35)32-17-5-7-19(8-6-17)39-27(29,30)31/h5-8,12-13,15-16,18H,9-11,14H2,1-4H3,(H,32,33)/t15-,16?,18-/m1/s1. The topological polar surface area (TPSA) is 85.7 Å². The van der Waals surface area contributed by atoms with E-state index in [-0.39, 0.29) is 28.9 Å². The van der Waals surface area contributed by atoms with Gasteiger partial charge in [0.25, 0.3) is 5.91 Å². The maximum Gasteiger partial charge on any atom is 0.573 e. The van der Waals surface area contributed by atoms with Crippen LogP contribution in [0.4, 0.5) is 24.8 Å². The molecule has 0 saturated heterocycles. The van der Waals surface area contributed by atoms with Crippen LogP contribution in [-0.4, -0.2) is 53.4 Å². The monoisotopic (exact) mass is 566 g/mol. The van der Waals surface area contributed by atoms with Crippen molar-refractivity contribution in [3.63, 3.8) is 0 Å². The fourth-order valence-corrected chi connectivity index (χ4v) is 5.50. The fourth-order valence-electron chi connectivity index (χ4n) is 5.26. The Morgan fingerprint density at radius 3 is 2.36 bits per heavy atom. The molecule has 1 unspecified atom stereocenters. The van der Waals surface area contributed by atoms with Gasteiger partial charge < -0.3 is 24.3 Å². The smallest absolute Gasteiger partial charge is 0.468 e. The number of carbonyl (C=O) groups excluding carboxylic acids is 2. The first-order valence-corrected chi connectivity index (χ1v) is 12.9. The zero-order valence-corrected chi connectivity index (χ0v) is 22.8. The highest BCUT2D eigenvalue weighted by atomic mass is 35.5. The Morgan fingerprint density at radius 2 is 1.77 bits per heavy atom. The average Bonchev–Trinajstić information content (AvgIpc) is 3.19. The number of likely N-dealkylation sites (N-methyl/N-ethyl adjacent to an activating group) is 1. The van der Waals surface area contributed by atoms with Gasteiger partial charge >= 0.3 is 12.3 Å². The Kier molecular flexibility index (Phi) is 8.29. The van der Waals surface area contributed by atoms with Crippen molar-refractivity contribution in [1.82, 2.24) is 14.5 Å². The summed E-state index contributed by atoms with van der Waals surface area (Å²) in [4.78, 5) is 30.7. The van der Waals surface area contributed by atoms with Crippen molar-refractivity contribution in [3.05, 3.63) is 47.0 Å². The highest BCUT2D eigenvalue weighted by molar-refractivity contribution is 6.34. The predicted molar refractivity (Wildman–Crippen MR) is 141 cm³/mol. The van der Waals surface area contributed by atoms with Gasteiger partial charge in [-0.15, -0.1) is 13.2 Å². The summed E-state index contributed by atoms with van der Waals surface area (Å²) in [6.07, 6.45) is -1.86. The first kappa shape index (κ1) is 28.5. The van der Waals surface area contributed by atoms with E-state index in [1.54, 1.807) is 12.1 Å². The summed E-state index contributed by atoms with van der Waals surface area (Å²) in [6.45, 7) is 4.17. The lowest BCUT2D eigenvalue weighted by atomic mass is 9.80. The molecule has 1 aliphatic rings. The first-order chi connectivity index (χ1) is 18.3. The van der Waals surface area contributed by atoms with E-state index >= 15 is 0 Å². The molecule has 1 heterocycles. The van der Waals surface area contributed by atoms with Crippen LogP contribution in [0.3, 0.4) is 0 Å². The largest absolute Gasteiger partial charge is 0.573 e. The molecular weight excluding hydrogens is 537 g/mol. The van der Waals surface area contributed by atoms with E-state index in [1.165, 1.54) is 43.3 Å². The van der Waals surface area contributed by atoms with Crippen LogP contribution in [0.2, 0.25) is 5.02 Å². The third-order valence-corrected chi connectivity index (χ3v) is 7.12. The molecule has 0 spiro atoms. The molecule has 12 heteroatoms. The Morgan fingerprint density at radius 1 is 1.13 bits per heavy atom. The molecule has 0 bridgehead atoms. The molecule has 1 amide bonds. The number of carbonyl (C=O) groups is 2. The highest BCUT2D eigenvalue weighted by Gasteiger charge is 2.31. The van der Waals surface area contributed by atoms with Crippen LogP contribution >= 0.6 is 11.6 Å². The van der Waals surface area contributed by atoms with Gasteiger partial charge in [0.15, 0.2) is 0 Å². The van der Waals surface area contributed by atoms with Gasteiger partial charge in [-0.2, -0.15) is 0 Å². The number of nitrogens with zero attached hydrogens (tertiary/aromatic N) is 3. The Bertz CT molecular complexity index is 1350. The van der Waals surface area contributed by atoms with Gasteiger partial charge in [0.2, 0.25) is 5.95 Å². The van der Waals surface area contributed by atoms with Crippen molar-refractivity contribution in [1.29, 1.82) is 0 Å². The quantitative estimate of drug-likeness (QED) is 0.325. The summed E-state index contributed by atoms with van der Waals surface area (Å²) >= 11 is 6.59. The second-order valence-electron chi connectivity index (χ2n) is 10.1. The second-order valence-corrected chi connectivity index (χ2v) is 10.5. The van der Waals surface area contributed by atoms with Crippen molar-refractivity contribution < 1.29 is 32.2 Å². The van der Waals surface area contributed by atoms with Gasteiger partial charge in [-0.25, -0.2) is 4.98 Å². The molecule has 210 valence electrons. The summed E-state index contributed by atoms with van der Waals surface area (Å²) < 4.78 is 48.4. The molecule has 1 aliphatic carbocycles. The number of esters is 1. The number of anilines is 2. The minimum absolute atomic E-state index is 0.0868. The van der Waals surface area contributed by atoms with Crippen LogP contribution in [0.15, 0.2) is 36.4 Å². The molecular formula is C27H30ClF3N4O4. The van der Waals surface area contributed by atoms with Gasteiger partial charge in [0.05, 0.1) is 28.7 Å². The number of fused-ring (bicyclic) bond motifs is 1. The number of imidazole rings is 1. The number of hydrogen-bond donors (Lipinski definition) is 1. The van der Waals surface area contributed by atoms with Crippen LogP contribution in [0.25, 0.3) is 11.0 Å². The van der Waals surface area contributed by atoms with E-state index in [0.29, 0.717) is 29.0 Å². The van der Waals surface area contributed by atoms with Crippen molar-refractivity contribution in [3.8, 4) is 5.75 Å². The summed E-state index contributed by atoms with van der Waals surface area (Å²) in [7, 11) is 2.72. The van der Waals surface area contributed by atoms with Crippen molar-refractivity contribution in [2.75, 3.05) is 26.0 Å². The van der Waals surface area contributed by atoms with Crippen molar-refractivity contribution in [2.24, 2.45) is 11.8 Å². The summed E-state index contributed by atoms with van der Waals surface area (Å²) in [5.74, 6) is 0.0756. The van der Waals surface area contributed by atoms with E-state index in [9.17, 15) is 22.8 Å². The van der Waals surface area contributed by atoms with Crippen LogP contribution in [0.1, 0.15) is 49.5 Å². The molecule has 8 nitrogen and oxygen atoms in total. The summed E-state index contributed by atoms with van der Waals surface area (Å²) in [6, 6.07) is 8.76. The SMILES string of the molecule is COC(=O)CN(C)C(=O)c1cc2nc(Nc3ccc(OC(F)(F)F)cc3)n([C@H]3CC(C)C[C@@H](C)C3)c2cc1Cl. The number of benzene rings is 2. The molecule has 1 aromatic heterocycles. The van der Waals surface area contributed by atoms with Crippen LogP contribution in [0, 0.1) is 11.8 Å². The number of methoxy groups -OCH3 is 1. The Hall–Kier alpha value is -3.47. The van der Waals surface area contributed by atoms with Gasteiger partial charge in [-0.1, -0.05) is 25.4 Å². The fraction of sp³-hybridized carbons (Fsp3) is 0.444. The zero-order valence-electron chi connectivity index (χ0n) is 22.0. The van der Waals surface area contributed by atoms with Crippen LogP contribution in [0.5, 0.6) is 5.75 Å². The number of rotatable bonds is 7. The number of aromatic nitrogens is 2. The molecule has 1 N–H and O–H groups in total. The minimum atomic E-state index is -4.78. The number of alkyl halides is 3. The number of ether oxygens (including phenoxy) is 2. The van der Waals surface area contributed by atoms with Crippen molar-refractivity contribution in [2.45, 2.75) is 45.5 Å². The molecule has 4 rings (SSSR count). The second kappa shape index (κ2) is 11.3. The lowest BCUT2D eigenvalue weighted by Crippen LogP contribution is -2.32. The summed E-state index contributed by atoms with van der Waals surface area (Å²) in [5, 5.41) is 3.43. The number of nitrogens with one attached hydrogen (secondary N) is 1. The molecule has 3 aromatic rings. The maximum atomic E-state index is 13.1. The van der Waals surface area contributed by atoms with Gasteiger partial charge in [-0.3, -0.25) is 9.59 Å². The first-order valence-electron chi connectivity index (χ1n) is 12.5. The number of amides is 1. The number of hydrogen-bond acceptors (Lipinski definition) is 6. The Balaban J connectivity index is 1.73. The third-order valence-electron chi connectivity index (χ3n) is 6.81. The molecule has 39 heavy (non-hydrogen) atoms. The molecule has 1 fully saturated rings. The van der Waals surface area contributed by atoms with Crippen LogP contribution in [-0.2, 0) is 9.53 Å². The number of halogens is 4. The van der Waals surface area contributed by atoms with Gasteiger partial charge in [0, 0.05) is 18.8 Å². The predicted octanol–water partition coefficient (Wildman–Crippen LogP) is 6.57. The molecule has 1 saturated carbocycles. The molecule has 3 atom stereocenters. The van der Waals surface area contributed by atoms with E-state index in [4.69, 9.17) is 16.6 Å². The normalized spacial score (nSPS) is 19.5. The van der Waals surface area contributed by atoms with Crippen LogP contribution < -0.4 is 10.1 Å². The average molecular weight is 567 g/mol. The van der Waals surface area contributed by atoms with E-state index in [2.05, 4.69) is 33.2 Å². The third kappa shape index (κ3) is 6.76. The van der Waals surface area contributed by atoms with E-state index in [0.717, 1.165) is 24.8 Å². The highest BCUT2D eigenvalue weighted by Crippen LogP contribution is 2.41. The summed E-state index contributed by atoms with van der Waals surface area (Å²) in [5.41, 5.74) is 1.93. The van der Waals surface area contributed by atoms with E-state index in [1.807, 2.05) is 0 Å². The lowest BCUT2D eigenvalue weighted by molar-refractivity contribution is -0.274. The lowest BCUT2D eigenvalue weighted by Gasteiger charge is -2.33. The molecule has 2 aromatic carbocycles. The van der Waals surface area contributed by atoms with Crippen molar-refractivity contribution >= 4 is 46.1 Å². The molecule has 0 aliphatic heterocycles.